The predicted octanol–water partition coefficient (Wildman–Crippen LogP) is 2.46. The molecule has 1 saturated heterocycles. The highest BCUT2D eigenvalue weighted by Gasteiger charge is 2.48. The van der Waals surface area contributed by atoms with E-state index in [9.17, 15) is 19.2 Å². The minimum absolute atomic E-state index is 0.164. The van der Waals surface area contributed by atoms with Crippen molar-refractivity contribution in [1.29, 1.82) is 0 Å². The molecule has 0 aromatic heterocycles. The minimum Gasteiger partial charge on any atom is -0.324 e. The molecule has 0 aliphatic carbocycles. The second kappa shape index (κ2) is 8.43. The Bertz CT molecular complexity index is 1040. The van der Waals surface area contributed by atoms with E-state index in [1.165, 1.54) is 11.8 Å². The zero-order chi connectivity index (χ0) is 22.0. The molecule has 8 nitrogen and oxygen atoms in total. The highest BCUT2D eigenvalue weighted by Crippen LogP contribution is 2.36. The van der Waals surface area contributed by atoms with Crippen molar-refractivity contribution in [3.05, 3.63) is 60.2 Å². The zero-order valence-corrected chi connectivity index (χ0v) is 17.7. The lowest BCUT2D eigenvalue weighted by Crippen LogP contribution is -2.49. The summed E-state index contributed by atoms with van der Waals surface area (Å²) in [4.78, 5) is 50.9. The van der Waals surface area contributed by atoms with Crippen molar-refractivity contribution in [2.24, 2.45) is 0 Å². The lowest BCUT2D eigenvalue weighted by molar-refractivity contribution is -0.139. The first-order valence-electron chi connectivity index (χ1n) is 9.92. The molecular weight excluding hydrogens is 416 g/mol. The standard InChI is InChI=1S/C22H22N4O4S/c1-22(12-11-14-7-3-2-4-8-14)20(29)26(21(30)24-22)25-18(27)13-17-19(28)23-15-9-5-6-10-16(15)31-17/h2-10,17H,11-13H2,1H3,(H,23,28)(H,24,30)(H,25,27)/t17-,22+/m0/s1. The van der Waals surface area contributed by atoms with Crippen LogP contribution in [-0.2, 0) is 20.8 Å². The Labute approximate surface area is 183 Å². The van der Waals surface area contributed by atoms with Gasteiger partial charge >= 0.3 is 6.03 Å². The van der Waals surface area contributed by atoms with Crippen molar-refractivity contribution >= 4 is 41.2 Å². The molecule has 0 unspecified atom stereocenters. The molecule has 2 atom stereocenters. The topological polar surface area (TPSA) is 108 Å². The lowest BCUT2D eigenvalue weighted by atomic mass is 9.93. The Balaban J connectivity index is 1.36. The number of amides is 5. The molecule has 1 fully saturated rings. The summed E-state index contributed by atoms with van der Waals surface area (Å²) in [6.45, 7) is 1.64. The molecule has 0 spiro atoms. The van der Waals surface area contributed by atoms with E-state index in [2.05, 4.69) is 16.1 Å². The summed E-state index contributed by atoms with van der Waals surface area (Å²) < 4.78 is 0. The number of benzene rings is 2. The van der Waals surface area contributed by atoms with E-state index in [0.29, 0.717) is 23.5 Å². The molecule has 2 aliphatic heterocycles. The molecular formula is C22H22N4O4S. The molecule has 3 N–H and O–H groups in total. The SMILES string of the molecule is C[C@]1(CCc2ccccc2)NC(=O)N(NC(=O)C[C@@H]2Sc3ccccc3NC2=O)C1=O. The Morgan fingerprint density at radius 1 is 1.10 bits per heavy atom. The van der Waals surface area contributed by atoms with Crippen LogP contribution in [0.2, 0.25) is 0 Å². The van der Waals surface area contributed by atoms with Crippen LogP contribution in [0.3, 0.4) is 0 Å². The average Bonchev–Trinajstić information content (AvgIpc) is 2.97. The summed E-state index contributed by atoms with van der Waals surface area (Å²) in [6.07, 6.45) is 0.831. The molecule has 0 bridgehead atoms. The summed E-state index contributed by atoms with van der Waals surface area (Å²) in [7, 11) is 0. The number of hydrazine groups is 1. The Morgan fingerprint density at radius 3 is 2.58 bits per heavy atom. The number of nitrogens with zero attached hydrogens (tertiary/aromatic N) is 1. The van der Waals surface area contributed by atoms with Gasteiger partial charge in [0.2, 0.25) is 11.8 Å². The molecule has 0 radical (unpaired) electrons. The van der Waals surface area contributed by atoms with Gasteiger partial charge in [-0.2, -0.15) is 5.01 Å². The molecule has 9 heteroatoms. The number of hydrogen-bond donors (Lipinski definition) is 3. The van der Waals surface area contributed by atoms with Gasteiger partial charge in [-0.25, -0.2) is 4.79 Å². The predicted molar refractivity (Wildman–Crippen MR) is 116 cm³/mol. The number of imide groups is 1. The van der Waals surface area contributed by atoms with Gasteiger partial charge in [0.25, 0.3) is 5.91 Å². The Morgan fingerprint density at radius 2 is 1.81 bits per heavy atom. The molecule has 0 saturated carbocycles. The third kappa shape index (κ3) is 4.41. The highest BCUT2D eigenvalue weighted by molar-refractivity contribution is 8.01. The first-order valence-corrected chi connectivity index (χ1v) is 10.8. The van der Waals surface area contributed by atoms with Gasteiger partial charge in [-0.1, -0.05) is 42.5 Å². The maximum absolute atomic E-state index is 12.9. The van der Waals surface area contributed by atoms with Crippen molar-refractivity contribution in [3.8, 4) is 0 Å². The monoisotopic (exact) mass is 438 g/mol. The second-order valence-electron chi connectivity index (χ2n) is 7.72. The first kappa shape index (κ1) is 20.9. The van der Waals surface area contributed by atoms with E-state index in [1.807, 2.05) is 48.5 Å². The van der Waals surface area contributed by atoms with Gasteiger partial charge in [0.05, 0.1) is 10.9 Å². The zero-order valence-electron chi connectivity index (χ0n) is 16.9. The molecule has 2 heterocycles. The van der Waals surface area contributed by atoms with Gasteiger partial charge in [0.1, 0.15) is 5.54 Å². The summed E-state index contributed by atoms with van der Waals surface area (Å²) in [6, 6.07) is 16.3. The highest BCUT2D eigenvalue weighted by atomic mass is 32.2. The summed E-state index contributed by atoms with van der Waals surface area (Å²) in [5.41, 5.74) is 3.00. The maximum atomic E-state index is 12.9. The largest absolute Gasteiger partial charge is 0.344 e. The van der Waals surface area contributed by atoms with E-state index in [0.717, 1.165) is 10.5 Å². The van der Waals surface area contributed by atoms with Crippen molar-refractivity contribution in [3.63, 3.8) is 0 Å². The van der Waals surface area contributed by atoms with Crippen LogP contribution in [0.5, 0.6) is 0 Å². The van der Waals surface area contributed by atoms with Crippen LogP contribution in [0, 0.1) is 0 Å². The number of thioether (sulfide) groups is 1. The van der Waals surface area contributed by atoms with Crippen LogP contribution < -0.4 is 16.1 Å². The average molecular weight is 439 g/mol. The van der Waals surface area contributed by atoms with Gasteiger partial charge in [-0.3, -0.25) is 19.8 Å². The molecule has 2 aliphatic rings. The van der Waals surface area contributed by atoms with Crippen molar-refractivity contribution in [1.82, 2.24) is 15.8 Å². The van der Waals surface area contributed by atoms with Gasteiger partial charge in [0.15, 0.2) is 0 Å². The maximum Gasteiger partial charge on any atom is 0.344 e. The quantitative estimate of drug-likeness (QED) is 0.601. The minimum atomic E-state index is -1.11. The molecule has 2 aromatic rings. The second-order valence-corrected chi connectivity index (χ2v) is 8.96. The Kier molecular flexibility index (Phi) is 5.69. The Hall–Kier alpha value is -3.33. The molecule has 2 aromatic carbocycles. The fourth-order valence-corrected chi connectivity index (χ4v) is 4.67. The van der Waals surface area contributed by atoms with Crippen molar-refractivity contribution in [2.75, 3.05) is 5.32 Å². The van der Waals surface area contributed by atoms with Gasteiger partial charge < -0.3 is 10.6 Å². The van der Waals surface area contributed by atoms with E-state index < -0.39 is 28.6 Å². The third-order valence-corrected chi connectivity index (χ3v) is 6.61. The van der Waals surface area contributed by atoms with E-state index in [-0.39, 0.29) is 12.3 Å². The number of para-hydroxylation sites is 1. The first-order chi connectivity index (χ1) is 14.9. The summed E-state index contributed by atoms with van der Waals surface area (Å²) in [5, 5.41) is 5.50. The number of nitrogens with one attached hydrogen (secondary N) is 3. The van der Waals surface area contributed by atoms with Gasteiger partial charge in [0, 0.05) is 11.3 Å². The molecule has 31 heavy (non-hydrogen) atoms. The number of fused-ring (bicyclic) bond motifs is 1. The van der Waals surface area contributed by atoms with Crippen molar-refractivity contribution < 1.29 is 19.2 Å². The smallest absolute Gasteiger partial charge is 0.324 e. The number of rotatable bonds is 6. The number of carbonyl (C=O) groups is 4. The number of anilines is 1. The third-order valence-electron chi connectivity index (χ3n) is 5.33. The fraction of sp³-hybridized carbons (Fsp3) is 0.273. The van der Waals surface area contributed by atoms with Crippen LogP contribution in [0.1, 0.15) is 25.3 Å². The normalized spacial score (nSPS) is 22.5. The number of hydrogen-bond acceptors (Lipinski definition) is 5. The molecule has 4 rings (SSSR count). The van der Waals surface area contributed by atoms with Crippen LogP contribution in [-0.4, -0.2) is 39.6 Å². The van der Waals surface area contributed by atoms with Gasteiger partial charge in [-0.15, -0.1) is 11.8 Å². The van der Waals surface area contributed by atoms with Crippen LogP contribution >= 0.6 is 11.8 Å². The number of aryl methyl sites for hydroxylation is 1. The van der Waals surface area contributed by atoms with Crippen LogP contribution in [0.4, 0.5) is 10.5 Å². The van der Waals surface area contributed by atoms with Crippen molar-refractivity contribution in [2.45, 2.75) is 41.9 Å². The van der Waals surface area contributed by atoms with E-state index in [1.54, 1.807) is 13.0 Å². The van der Waals surface area contributed by atoms with Gasteiger partial charge in [-0.05, 0) is 37.5 Å². The van der Waals surface area contributed by atoms with E-state index in [4.69, 9.17) is 0 Å². The lowest BCUT2D eigenvalue weighted by Gasteiger charge is -2.24. The molecule has 5 amide bonds. The van der Waals surface area contributed by atoms with E-state index >= 15 is 0 Å². The number of urea groups is 1. The van der Waals surface area contributed by atoms with Crippen LogP contribution in [0.15, 0.2) is 59.5 Å². The fourth-order valence-electron chi connectivity index (χ4n) is 3.56. The summed E-state index contributed by atoms with van der Waals surface area (Å²) >= 11 is 1.28. The van der Waals surface area contributed by atoms with Crippen LogP contribution in [0.25, 0.3) is 0 Å². The number of carbonyl (C=O) groups excluding carboxylic acids is 4. The summed E-state index contributed by atoms with van der Waals surface area (Å²) in [5.74, 6) is -1.39. The molecule has 160 valence electrons.